The molecule has 0 saturated heterocycles. The molecule has 0 atom stereocenters. The first-order valence-corrected chi connectivity index (χ1v) is 8.41. The van der Waals surface area contributed by atoms with Crippen LogP contribution >= 0.6 is 11.6 Å². The quantitative estimate of drug-likeness (QED) is 0.474. The third kappa shape index (κ3) is 6.04. The zero-order chi connectivity index (χ0) is 18.1. The van der Waals surface area contributed by atoms with Gasteiger partial charge in [-0.2, -0.15) is 5.10 Å². The van der Waals surface area contributed by atoms with Crippen molar-refractivity contribution >= 4 is 29.6 Å². The molecule has 0 aliphatic rings. The predicted octanol–water partition coefficient (Wildman–Crippen LogP) is 2.71. The largest absolute Gasteiger partial charge is 0.347 e. The summed E-state index contributed by atoms with van der Waals surface area (Å²) < 4.78 is 0. The molecule has 2 rings (SSSR count). The summed E-state index contributed by atoms with van der Waals surface area (Å²) in [6, 6.07) is 15.2. The van der Waals surface area contributed by atoms with Crippen molar-refractivity contribution in [2.75, 3.05) is 6.54 Å². The molecular formula is C19H20ClN3O2. The summed E-state index contributed by atoms with van der Waals surface area (Å²) in [5, 5.41) is 6.97. The predicted molar refractivity (Wildman–Crippen MR) is 99.7 cm³/mol. The van der Waals surface area contributed by atoms with Gasteiger partial charge >= 0.3 is 11.8 Å². The number of amides is 2. The second-order valence-corrected chi connectivity index (χ2v) is 5.80. The number of carbonyl (C=O) groups excluding carboxylic acids is 2. The second kappa shape index (κ2) is 9.59. The van der Waals surface area contributed by atoms with Gasteiger partial charge < -0.3 is 5.32 Å². The molecule has 0 unspecified atom stereocenters. The number of nitrogens with zero attached hydrogens (tertiary/aromatic N) is 1. The molecule has 0 aliphatic carbocycles. The van der Waals surface area contributed by atoms with E-state index in [1.165, 1.54) is 11.8 Å². The molecular weight excluding hydrogens is 338 g/mol. The molecule has 0 aromatic heterocycles. The van der Waals surface area contributed by atoms with Crippen LogP contribution in [0, 0.1) is 0 Å². The fraction of sp³-hybridized carbons (Fsp3) is 0.211. The fourth-order valence-corrected chi connectivity index (χ4v) is 2.38. The average molecular weight is 358 g/mol. The monoisotopic (exact) mass is 357 g/mol. The van der Waals surface area contributed by atoms with Gasteiger partial charge in [0.15, 0.2) is 0 Å². The number of halogens is 1. The third-order valence-electron chi connectivity index (χ3n) is 3.61. The van der Waals surface area contributed by atoms with Crippen molar-refractivity contribution < 1.29 is 9.59 Å². The van der Waals surface area contributed by atoms with Crippen LogP contribution in [0.1, 0.15) is 23.6 Å². The van der Waals surface area contributed by atoms with E-state index in [0.29, 0.717) is 18.0 Å². The molecule has 0 saturated carbocycles. The minimum atomic E-state index is -0.805. The molecule has 5 nitrogen and oxygen atoms in total. The normalized spacial score (nSPS) is 10.6. The highest BCUT2D eigenvalue weighted by molar-refractivity contribution is 6.35. The number of rotatable bonds is 6. The molecule has 0 heterocycles. The molecule has 0 fully saturated rings. The van der Waals surface area contributed by atoms with Crippen molar-refractivity contribution in [1.29, 1.82) is 0 Å². The molecule has 130 valence electrons. The minimum Gasteiger partial charge on any atom is -0.347 e. The van der Waals surface area contributed by atoms with Gasteiger partial charge in [0.25, 0.3) is 0 Å². The van der Waals surface area contributed by atoms with Crippen LogP contribution in [0.25, 0.3) is 0 Å². The molecule has 2 aromatic carbocycles. The summed E-state index contributed by atoms with van der Waals surface area (Å²) in [6.07, 6.45) is 3.00. The first-order chi connectivity index (χ1) is 12.1. The Hall–Kier alpha value is -2.66. The van der Waals surface area contributed by atoms with E-state index in [1.807, 2.05) is 42.5 Å². The van der Waals surface area contributed by atoms with Crippen molar-refractivity contribution in [3.05, 3.63) is 70.2 Å². The number of carbonyl (C=O) groups is 2. The van der Waals surface area contributed by atoms with Gasteiger partial charge in [-0.3, -0.25) is 9.59 Å². The Morgan fingerprint density at radius 3 is 2.48 bits per heavy atom. The maximum atomic E-state index is 11.7. The van der Waals surface area contributed by atoms with Crippen LogP contribution in [0.2, 0.25) is 5.02 Å². The van der Waals surface area contributed by atoms with Crippen LogP contribution < -0.4 is 10.7 Å². The van der Waals surface area contributed by atoms with E-state index in [4.69, 9.17) is 11.6 Å². The molecule has 2 aromatic rings. The lowest BCUT2D eigenvalue weighted by molar-refractivity contribution is -0.139. The van der Waals surface area contributed by atoms with Crippen molar-refractivity contribution in [2.24, 2.45) is 5.10 Å². The van der Waals surface area contributed by atoms with Crippen LogP contribution in [-0.4, -0.2) is 24.6 Å². The van der Waals surface area contributed by atoms with Gasteiger partial charge in [-0.15, -0.1) is 0 Å². The van der Waals surface area contributed by atoms with Gasteiger partial charge in [0.1, 0.15) is 0 Å². The van der Waals surface area contributed by atoms with Gasteiger partial charge in [-0.25, -0.2) is 5.43 Å². The number of hydrazone groups is 1. The Bertz CT molecular complexity index is 758. The lowest BCUT2D eigenvalue weighted by atomic mass is 10.1. The summed E-state index contributed by atoms with van der Waals surface area (Å²) in [5.41, 5.74) is 5.19. The van der Waals surface area contributed by atoms with Crippen LogP contribution in [0.15, 0.2) is 53.6 Å². The zero-order valence-electron chi connectivity index (χ0n) is 14.0. The van der Waals surface area contributed by atoms with Crippen molar-refractivity contribution in [3.63, 3.8) is 0 Å². The lowest BCUT2D eigenvalue weighted by Crippen LogP contribution is -2.38. The van der Waals surface area contributed by atoms with Gasteiger partial charge in [-0.05, 0) is 35.6 Å². The van der Waals surface area contributed by atoms with Crippen molar-refractivity contribution in [1.82, 2.24) is 10.7 Å². The Morgan fingerprint density at radius 2 is 1.80 bits per heavy atom. The van der Waals surface area contributed by atoms with E-state index in [0.717, 1.165) is 17.5 Å². The summed E-state index contributed by atoms with van der Waals surface area (Å²) >= 11 is 6.04. The topological polar surface area (TPSA) is 70.6 Å². The summed E-state index contributed by atoms with van der Waals surface area (Å²) in [6.45, 7) is 2.39. The Kier molecular flexibility index (Phi) is 7.16. The lowest BCUT2D eigenvalue weighted by Gasteiger charge is -2.05. The second-order valence-electron chi connectivity index (χ2n) is 5.39. The van der Waals surface area contributed by atoms with Gasteiger partial charge in [-0.1, -0.05) is 61.0 Å². The zero-order valence-corrected chi connectivity index (χ0v) is 14.7. The molecule has 25 heavy (non-hydrogen) atoms. The molecule has 0 aliphatic heterocycles. The van der Waals surface area contributed by atoms with Crippen LogP contribution in [-0.2, 0) is 22.4 Å². The van der Waals surface area contributed by atoms with E-state index in [1.54, 1.807) is 6.07 Å². The summed E-state index contributed by atoms with van der Waals surface area (Å²) in [7, 11) is 0. The van der Waals surface area contributed by atoms with Crippen LogP contribution in [0.5, 0.6) is 0 Å². The van der Waals surface area contributed by atoms with Crippen molar-refractivity contribution in [2.45, 2.75) is 19.8 Å². The number of hydrogen-bond donors (Lipinski definition) is 2. The van der Waals surface area contributed by atoms with Crippen molar-refractivity contribution in [3.8, 4) is 0 Å². The maximum absolute atomic E-state index is 11.7. The van der Waals surface area contributed by atoms with Gasteiger partial charge in [0, 0.05) is 11.6 Å². The highest BCUT2D eigenvalue weighted by atomic mass is 35.5. The molecule has 2 amide bonds. The smallest absolute Gasteiger partial charge is 0.329 e. The Balaban J connectivity index is 1.75. The minimum absolute atomic E-state index is 0.318. The van der Waals surface area contributed by atoms with E-state index in [9.17, 15) is 9.59 Å². The Morgan fingerprint density at radius 1 is 1.08 bits per heavy atom. The van der Waals surface area contributed by atoms with E-state index >= 15 is 0 Å². The first kappa shape index (κ1) is 18.7. The average Bonchev–Trinajstić information content (AvgIpc) is 2.63. The fourth-order valence-electron chi connectivity index (χ4n) is 2.15. The number of aryl methyl sites for hydroxylation is 1. The number of nitrogens with one attached hydrogen (secondary N) is 2. The summed E-state index contributed by atoms with van der Waals surface area (Å²) in [5.74, 6) is -1.54. The Labute approximate surface area is 152 Å². The molecule has 6 heteroatoms. The maximum Gasteiger partial charge on any atom is 0.329 e. The highest BCUT2D eigenvalue weighted by Crippen LogP contribution is 2.14. The third-order valence-corrected chi connectivity index (χ3v) is 3.98. The molecule has 0 radical (unpaired) electrons. The number of hydrogen-bond acceptors (Lipinski definition) is 3. The van der Waals surface area contributed by atoms with Crippen LogP contribution in [0.3, 0.4) is 0 Å². The molecule has 0 spiro atoms. The van der Waals surface area contributed by atoms with Crippen LogP contribution in [0.4, 0.5) is 0 Å². The standard InChI is InChI=1S/C19H20ClN3O2/c1-2-14-7-9-15(10-8-14)13-22-23-19(25)18(24)21-12-11-16-5-3-4-6-17(16)20/h3-10,13H,2,11-12H2,1H3,(H,21,24)(H,23,25). The van der Waals surface area contributed by atoms with E-state index < -0.39 is 11.8 Å². The molecule has 0 bridgehead atoms. The molecule has 2 N–H and O–H groups in total. The first-order valence-electron chi connectivity index (χ1n) is 8.03. The van der Waals surface area contributed by atoms with E-state index in [-0.39, 0.29) is 0 Å². The van der Waals surface area contributed by atoms with Gasteiger partial charge in [0.2, 0.25) is 0 Å². The van der Waals surface area contributed by atoms with E-state index in [2.05, 4.69) is 22.8 Å². The van der Waals surface area contributed by atoms with Gasteiger partial charge in [0.05, 0.1) is 6.21 Å². The number of benzene rings is 2. The highest BCUT2D eigenvalue weighted by Gasteiger charge is 2.11. The summed E-state index contributed by atoms with van der Waals surface area (Å²) in [4.78, 5) is 23.4. The SMILES string of the molecule is CCc1ccc(C=NNC(=O)C(=O)NCCc2ccccc2Cl)cc1.